The van der Waals surface area contributed by atoms with Crippen molar-refractivity contribution in [1.29, 1.82) is 0 Å². The predicted molar refractivity (Wildman–Crippen MR) is 196 cm³/mol. The number of carbonyl (C=O) groups is 5. The Hall–Kier alpha value is -4.49. The smallest absolute Gasteiger partial charge is 0.287 e. The number of ketones is 1. The van der Waals surface area contributed by atoms with Crippen LogP contribution in [-0.2, 0) is 19.2 Å². The molecule has 2 aromatic carbocycles. The highest BCUT2D eigenvalue weighted by atomic mass is 16.3. The fourth-order valence-electron chi connectivity index (χ4n) is 8.78. The number of amides is 4. The average molecular weight is 716 g/mol. The van der Waals surface area contributed by atoms with Gasteiger partial charge in [-0.1, -0.05) is 81.7 Å². The molecule has 3 atom stereocenters. The molecule has 1 saturated heterocycles. The molecule has 52 heavy (non-hydrogen) atoms. The molecule has 2 saturated carbocycles. The third-order valence-electron chi connectivity index (χ3n) is 11.5. The van der Waals surface area contributed by atoms with Gasteiger partial charge in [0, 0.05) is 24.7 Å². The van der Waals surface area contributed by atoms with Crippen molar-refractivity contribution in [1.82, 2.24) is 31.5 Å². The molecule has 2 heterocycles. The van der Waals surface area contributed by atoms with E-state index < -0.39 is 52.3 Å². The van der Waals surface area contributed by atoms with Crippen LogP contribution in [0.25, 0.3) is 10.8 Å². The number of primary amides is 1. The molecule has 2 aromatic rings. The predicted octanol–water partition coefficient (Wildman–Crippen LogP) is 3.08. The van der Waals surface area contributed by atoms with E-state index in [4.69, 9.17) is 5.73 Å². The van der Waals surface area contributed by atoms with Crippen LogP contribution in [0.2, 0.25) is 0 Å². The van der Waals surface area contributed by atoms with E-state index in [9.17, 15) is 24.3 Å². The minimum Gasteiger partial charge on any atom is -0.384 e. The summed E-state index contributed by atoms with van der Waals surface area (Å²) < 4.78 is 0. The minimum atomic E-state index is -1.45. The number of hydrogen-bond acceptors (Lipinski definition) is 9. The van der Waals surface area contributed by atoms with Crippen molar-refractivity contribution >= 4 is 40.2 Å². The molecular weight excluding hydrogens is 662 g/mol. The largest absolute Gasteiger partial charge is 0.384 e. The summed E-state index contributed by atoms with van der Waals surface area (Å²) >= 11 is 0. The Bertz CT molecular complexity index is 1740. The van der Waals surface area contributed by atoms with Crippen molar-refractivity contribution in [2.75, 3.05) is 6.54 Å². The van der Waals surface area contributed by atoms with Crippen LogP contribution in [-0.4, -0.2) is 79.7 Å². The van der Waals surface area contributed by atoms with Gasteiger partial charge in [0.15, 0.2) is 0 Å². The molecule has 0 radical (unpaired) electrons. The zero-order chi connectivity index (χ0) is 37.3. The number of likely N-dealkylation sites (tertiary alicyclic amines) is 1. The zero-order valence-corrected chi connectivity index (χ0v) is 30.5. The van der Waals surface area contributed by atoms with E-state index in [0.717, 1.165) is 49.3 Å². The Morgan fingerprint density at radius 1 is 0.942 bits per heavy atom. The van der Waals surface area contributed by atoms with Gasteiger partial charge in [-0.15, -0.1) is 5.53 Å². The van der Waals surface area contributed by atoms with Gasteiger partial charge in [-0.2, -0.15) is 0 Å². The van der Waals surface area contributed by atoms with E-state index in [1.807, 2.05) is 36.4 Å². The van der Waals surface area contributed by atoms with Crippen LogP contribution in [0.5, 0.6) is 0 Å². The van der Waals surface area contributed by atoms with Gasteiger partial charge in [0.05, 0.1) is 11.7 Å². The summed E-state index contributed by atoms with van der Waals surface area (Å²) in [7, 11) is 0. The van der Waals surface area contributed by atoms with Crippen molar-refractivity contribution in [3.8, 4) is 0 Å². The van der Waals surface area contributed by atoms with Gasteiger partial charge in [-0.3, -0.25) is 29.0 Å². The number of Topliss-reactive ketones (excluding diaryl/α,β-unsaturated/α-hetero) is 1. The molecule has 13 heteroatoms. The molecule has 0 spiro atoms. The SMILES string of the molecule is CC(C)(O)C1=CNNN1[C@H]1C[C@@H](C(=O)NC2(C(=O)C(N)=O)CCCCC2)N(C(=O)C(C)(CC2CCCCC2)NC(=O)c2ccc3ccccc3c2)C1. The van der Waals surface area contributed by atoms with Crippen molar-refractivity contribution < 1.29 is 29.1 Å². The van der Waals surface area contributed by atoms with Gasteiger partial charge in [0.2, 0.25) is 17.6 Å². The molecule has 4 aliphatic rings. The third kappa shape index (κ3) is 7.66. The van der Waals surface area contributed by atoms with Crippen molar-refractivity contribution in [2.45, 2.75) is 127 Å². The third-order valence-corrected chi connectivity index (χ3v) is 11.5. The highest BCUT2D eigenvalue weighted by Gasteiger charge is 2.52. The molecule has 13 nitrogen and oxygen atoms in total. The Morgan fingerprint density at radius 3 is 2.29 bits per heavy atom. The number of nitrogens with two attached hydrogens (primary N) is 1. The van der Waals surface area contributed by atoms with E-state index in [1.54, 1.807) is 38.0 Å². The molecule has 1 unspecified atom stereocenters. The van der Waals surface area contributed by atoms with Crippen LogP contribution in [0.4, 0.5) is 0 Å². The second-order valence-corrected chi connectivity index (χ2v) is 16.0. The molecular formula is C39H53N7O6. The highest BCUT2D eigenvalue weighted by Crippen LogP contribution is 2.36. The van der Waals surface area contributed by atoms with Gasteiger partial charge < -0.3 is 31.8 Å². The average Bonchev–Trinajstić information content (AvgIpc) is 3.80. The Morgan fingerprint density at radius 2 is 1.62 bits per heavy atom. The molecule has 4 amide bonds. The van der Waals surface area contributed by atoms with Crippen LogP contribution < -0.4 is 27.3 Å². The van der Waals surface area contributed by atoms with Crippen LogP contribution >= 0.6 is 0 Å². The summed E-state index contributed by atoms with van der Waals surface area (Å²) in [4.78, 5) is 70.7. The maximum atomic E-state index is 15.2. The summed E-state index contributed by atoms with van der Waals surface area (Å²) in [5.41, 5.74) is 8.33. The Kier molecular flexibility index (Phi) is 10.7. The lowest BCUT2D eigenvalue weighted by atomic mass is 9.77. The summed E-state index contributed by atoms with van der Waals surface area (Å²) in [6.45, 7) is 5.13. The first-order valence-electron chi connectivity index (χ1n) is 18.7. The van der Waals surface area contributed by atoms with Gasteiger partial charge in [0.1, 0.15) is 22.7 Å². The standard InChI is InChI=1S/C39H53N7O6/c1-37(2,52)31-23-41-44-46(31)29-21-30(35(50)43-39(32(47)33(40)48)18-10-5-11-19-39)45(24-29)36(51)38(3,22-25-12-6-4-7-13-25)42-34(49)28-17-16-26-14-8-9-15-27(26)20-28/h8-9,14-17,20,23,25,29-30,41,44,52H,4-7,10-13,18-19,21-22,24H2,1-3H3,(H2,40,48)(H,42,49)(H,43,50)/t29-,30-,38?/m0/s1. The number of nitrogens with one attached hydrogen (secondary N) is 4. The topological polar surface area (TPSA) is 186 Å². The molecule has 0 bridgehead atoms. The molecule has 2 aliphatic carbocycles. The Balaban J connectivity index is 1.35. The lowest BCUT2D eigenvalue weighted by Crippen LogP contribution is -2.64. The van der Waals surface area contributed by atoms with Crippen molar-refractivity contribution in [3.63, 3.8) is 0 Å². The van der Waals surface area contributed by atoms with Crippen LogP contribution in [0, 0.1) is 5.92 Å². The summed E-state index contributed by atoms with van der Waals surface area (Å²) in [5.74, 6) is -3.11. The second kappa shape index (κ2) is 14.9. The first-order chi connectivity index (χ1) is 24.7. The monoisotopic (exact) mass is 715 g/mol. The minimum absolute atomic E-state index is 0.0852. The lowest BCUT2D eigenvalue weighted by Gasteiger charge is -2.40. The summed E-state index contributed by atoms with van der Waals surface area (Å²) in [6, 6.07) is 11.7. The maximum absolute atomic E-state index is 15.2. The second-order valence-electron chi connectivity index (χ2n) is 16.0. The van der Waals surface area contributed by atoms with Crippen LogP contribution in [0.15, 0.2) is 54.4 Å². The van der Waals surface area contributed by atoms with Crippen molar-refractivity contribution in [2.24, 2.45) is 11.7 Å². The normalized spacial score (nSPS) is 23.3. The van der Waals surface area contributed by atoms with Crippen molar-refractivity contribution in [3.05, 3.63) is 59.9 Å². The summed E-state index contributed by atoms with van der Waals surface area (Å²) in [5, 5.41) is 20.6. The number of aliphatic hydroxyl groups is 1. The number of fused-ring (bicyclic) bond motifs is 1. The van der Waals surface area contributed by atoms with E-state index in [0.29, 0.717) is 30.5 Å². The number of hydrazine groups is 2. The number of rotatable bonds is 11. The zero-order valence-electron chi connectivity index (χ0n) is 30.5. The first-order valence-corrected chi connectivity index (χ1v) is 18.7. The summed E-state index contributed by atoms with van der Waals surface area (Å²) in [6.07, 6.45) is 9.93. The lowest BCUT2D eigenvalue weighted by molar-refractivity contribution is -0.147. The molecule has 3 fully saturated rings. The number of benzene rings is 2. The van der Waals surface area contributed by atoms with E-state index in [1.165, 1.54) is 4.90 Å². The molecule has 0 aromatic heterocycles. The van der Waals surface area contributed by atoms with E-state index in [2.05, 4.69) is 21.6 Å². The highest BCUT2D eigenvalue weighted by molar-refractivity contribution is 6.39. The molecule has 2 aliphatic heterocycles. The van der Waals surface area contributed by atoms with Gasteiger partial charge >= 0.3 is 0 Å². The fourth-order valence-corrected chi connectivity index (χ4v) is 8.78. The van der Waals surface area contributed by atoms with Gasteiger partial charge in [0.25, 0.3) is 11.8 Å². The molecule has 7 N–H and O–H groups in total. The molecule has 6 rings (SSSR count). The van der Waals surface area contributed by atoms with E-state index in [-0.39, 0.29) is 37.6 Å². The van der Waals surface area contributed by atoms with Gasteiger partial charge in [-0.25, -0.2) is 0 Å². The van der Waals surface area contributed by atoms with E-state index >= 15 is 4.79 Å². The first kappa shape index (κ1) is 37.3. The Labute approximate surface area is 305 Å². The quantitative estimate of drug-likeness (QED) is 0.190. The fraction of sp³-hybridized carbons (Fsp3) is 0.564. The maximum Gasteiger partial charge on any atom is 0.287 e. The number of carbonyl (C=O) groups excluding carboxylic acids is 5. The number of nitrogens with zero attached hydrogens (tertiary/aromatic N) is 2. The van der Waals surface area contributed by atoms with Crippen LogP contribution in [0.3, 0.4) is 0 Å². The van der Waals surface area contributed by atoms with Gasteiger partial charge in [-0.05, 0) is 68.9 Å². The number of hydrogen-bond donors (Lipinski definition) is 6. The molecule has 280 valence electrons. The van der Waals surface area contributed by atoms with Crippen LogP contribution in [0.1, 0.15) is 108 Å².